The van der Waals surface area contributed by atoms with Crippen molar-refractivity contribution < 1.29 is 4.79 Å². The molecule has 1 aromatic heterocycles. The quantitative estimate of drug-likeness (QED) is 0.916. The van der Waals surface area contributed by atoms with Crippen LogP contribution in [-0.2, 0) is 4.79 Å². The third-order valence-corrected chi connectivity index (χ3v) is 4.87. The van der Waals surface area contributed by atoms with E-state index in [9.17, 15) is 4.79 Å². The fraction of sp³-hybridized carbons (Fsp3) is 0.412. The number of thiazole rings is 1. The first-order valence-corrected chi connectivity index (χ1v) is 8.18. The molecule has 1 aromatic carbocycles. The zero-order chi connectivity index (χ0) is 15.1. The molecule has 1 aliphatic rings. The van der Waals surface area contributed by atoms with Crippen LogP contribution in [-0.4, -0.2) is 10.9 Å². The van der Waals surface area contributed by atoms with Crippen molar-refractivity contribution in [2.24, 2.45) is 11.8 Å². The lowest BCUT2D eigenvalue weighted by molar-refractivity contribution is -0.117. The summed E-state index contributed by atoms with van der Waals surface area (Å²) in [6, 6.07) is 4.34. The maximum Gasteiger partial charge on any atom is 0.229 e. The number of aromatic nitrogens is 1. The first-order valence-electron chi connectivity index (χ1n) is 7.30. The van der Waals surface area contributed by atoms with Crippen LogP contribution >= 0.6 is 11.3 Å². The Bertz CT molecular complexity index is 682. The lowest BCUT2D eigenvalue weighted by atomic mass is 9.98. The van der Waals surface area contributed by atoms with Gasteiger partial charge in [-0.25, -0.2) is 4.98 Å². The Labute approximate surface area is 129 Å². The van der Waals surface area contributed by atoms with Crippen molar-refractivity contribution in [1.82, 2.24) is 4.98 Å². The summed E-state index contributed by atoms with van der Waals surface area (Å²) in [5, 5.41) is 5.67. The van der Waals surface area contributed by atoms with Crippen LogP contribution in [0.4, 0.5) is 5.13 Å². The number of aryl methyl sites for hydroxylation is 3. The summed E-state index contributed by atoms with van der Waals surface area (Å²) in [5.41, 5.74) is 5.85. The predicted octanol–water partition coefficient (Wildman–Crippen LogP) is 4.33. The van der Waals surface area contributed by atoms with Crippen LogP contribution in [0.25, 0.3) is 11.3 Å². The second-order valence-electron chi connectivity index (χ2n) is 6.12. The van der Waals surface area contributed by atoms with Crippen LogP contribution in [0.3, 0.4) is 0 Å². The Kier molecular flexibility index (Phi) is 3.57. The predicted molar refractivity (Wildman–Crippen MR) is 87.7 cm³/mol. The summed E-state index contributed by atoms with van der Waals surface area (Å²) < 4.78 is 0. The Morgan fingerprint density at radius 2 is 1.90 bits per heavy atom. The van der Waals surface area contributed by atoms with E-state index in [4.69, 9.17) is 0 Å². The molecule has 0 saturated heterocycles. The summed E-state index contributed by atoms with van der Waals surface area (Å²) in [6.07, 6.45) is 1.00. The van der Waals surface area contributed by atoms with Gasteiger partial charge < -0.3 is 5.32 Å². The van der Waals surface area contributed by atoms with Gasteiger partial charge >= 0.3 is 0 Å². The molecule has 1 fully saturated rings. The van der Waals surface area contributed by atoms with E-state index in [2.05, 4.69) is 50.1 Å². The van der Waals surface area contributed by atoms with E-state index in [-0.39, 0.29) is 11.8 Å². The van der Waals surface area contributed by atoms with Crippen molar-refractivity contribution in [2.75, 3.05) is 5.32 Å². The Balaban J connectivity index is 1.83. The number of hydrogen-bond donors (Lipinski definition) is 1. The van der Waals surface area contributed by atoms with Crippen LogP contribution in [0.5, 0.6) is 0 Å². The lowest BCUT2D eigenvalue weighted by Crippen LogP contribution is -2.14. The van der Waals surface area contributed by atoms with Crippen molar-refractivity contribution in [3.05, 3.63) is 34.2 Å². The number of nitrogens with zero attached hydrogens (tertiary/aromatic N) is 1. The van der Waals surface area contributed by atoms with Crippen molar-refractivity contribution in [1.29, 1.82) is 0 Å². The Hall–Kier alpha value is -1.68. The molecule has 1 amide bonds. The largest absolute Gasteiger partial charge is 0.302 e. The number of carbonyl (C=O) groups excluding carboxylic acids is 1. The molecule has 0 spiro atoms. The molecule has 0 aliphatic heterocycles. The molecule has 1 saturated carbocycles. The van der Waals surface area contributed by atoms with Gasteiger partial charge in [0.2, 0.25) is 5.91 Å². The summed E-state index contributed by atoms with van der Waals surface area (Å²) in [7, 11) is 0. The SMILES string of the molecule is Cc1cc(C)c(-c2csc(NC(=O)C3CC3C)n2)c(C)c1. The smallest absolute Gasteiger partial charge is 0.229 e. The molecular weight excluding hydrogens is 280 g/mol. The van der Waals surface area contributed by atoms with Gasteiger partial charge in [-0.3, -0.25) is 4.79 Å². The van der Waals surface area contributed by atoms with Crippen molar-refractivity contribution in [3.63, 3.8) is 0 Å². The van der Waals surface area contributed by atoms with Gasteiger partial charge in [-0.15, -0.1) is 11.3 Å². The number of amides is 1. The number of carbonyl (C=O) groups is 1. The van der Waals surface area contributed by atoms with Gasteiger partial charge in [0.05, 0.1) is 5.69 Å². The minimum atomic E-state index is 0.112. The third kappa shape index (κ3) is 2.86. The van der Waals surface area contributed by atoms with Gasteiger partial charge in [0.25, 0.3) is 0 Å². The monoisotopic (exact) mass is 300 g/mol. The summed E-state index contributed by atoms with van der Waals surface area (Å²) in [5.74, 6) is 0.812. The molecule has 0 radical (unpaired) electrons. The minimum Gasteiger partial charge on any atom is -0.302 e. The molecule has 110 valence electrons. The van der Waals surface area contributed by atoms with Crippen molar-refractivity contribution in [2.45, 2.75) is 34.1 Å². The van der Waals surface area contributed by atoms with E-state index >= 15 is 0 Å². The summed E-state index contributed by atoms with van der Waals surface area (Å²) in [6.45, 7) is 8.43. The average Bonchev–Trinajstić information content (AvgIpc) is 2.94. The molecule has 3 nitrogen and oxygen atoms in total. The van der Waals surface area contributed by atoms with Crippen molar-refractivity contribution in [3.8, 4) is 11.3 Å². The summed E-state index contributed by atoms with van der Waals surface area (Å²) >= 11 is 1.50. The number of benzene rings is 1. The van der Waals surface area contributed by atoms with E-state index in [0.717, 1.165) is 12.1 Å². The van der Waals surface area contributed by atoms with Gasteiger partial charge in [-0.05, 0) is 44.2 Å². The highest BCUT2D eigenvalue weighted by Gasteiger charge is 2.39. The fourth-order valence-corrected chi connectivity index (χ4v) is 3.62. The lowest BCUT2D eigenvalue weighted by Gasteiger charge is -2.08. The molecule has 1 heterocycles. The molecular formula is C17H20N2OS. The van der Waals surface area contributed by atoms with Gasteiger partial charge in [-0.2, -0.15) is 0 Å². The second kappa shape index (κ2) is 5.26. The average molecular weight is 300 g/mol. The van der Waals surface area contributed by atoms with Gasteiger partial charge in [0, 0.05) is 16.9 Å². The number of nitrogens with one attached hydrogen (secondary N) is 1. The molecule has 2 atom stereocenters. The molecule has 3 rings (SSSR count). The van der Waals surface area contributed by atoms with Crippen LogP contribution in [0.1, 0.15) is 30.0 Å². The fourth-order valence-electron chi connectivity index (χ4n) is 2.92. The maximum absolute atomic E-state index is 12.0. The number of anilines is 1. The normalized spacial score (nSPS) is 20.4. The van der Waals surface area contributed by atoms with Crippen LogP contribution in [0.2, 0.25) is 0 Å². The van der Waals surface area contributed by atoms with Crippen LogP contribution in [0.15, 0.2) is 17.5 Å². The Morgan fingerprint density at radius 1 is 1.29 bits per heavy atom. The first-order chi connectivity index (χ1) is 9.95. The van der Waals surface area contributed by atoms with Gasteiger partial charge in [-0.1, -0.05) is 24.6 Å². The molecule has 2 unspecified atom stereocenters. The third-order valence-electron chi connectivity index (χ3n) is 4.11. The zero-order valence-electron chi connectivity index (χ0n) is 12.9. The van der Waals surface area contributed by atoms with E-state index in [1.54, 1.807) is 0 Å². The molecule has 0 bridgehead atoms. The van der Waals surface area contributed by atoms with Crippen molar-refractivity contribution >= 4 is 22.4 Å². The minimum absolute atomic E-state index is 0.112. The summed E-state index contributed by atoms with van der Waals surface area (Å²) in [4.78, 5) is 16.6. The zero-order valence-corrected chi connectivity index (χ0v) is 13.7. The van der Waals surface area contributed by atoms with E-state index in [1.807, 2.05) is 5.38 Å². The van der Waals surface area contributed by atoms with E-state index in [1.165, 1.54) is 33.6 Å². The highest BCUT2D eigenvalue weighted by atomic mass is 32.1. The molecule has 1 aliphatic carbocycles. The molecule has 4 heteroatoms. The van der Waals surface area contributed by atoms with Crippen LogP contribution < -0.4 is 5.32 Å². The maximum atomic E-state index is 12.0. The van der Waals surface area contributed by atoms with E-state index in [0.29, 0.717) is 11.0 Å². The highest BCUT2D eigenvalue weighted by Crippen LogP contribution is 2.39. The van der Waals surface area contributed by atoms with E-state index < -0.39 is 0 Å². The molecule has 21 heavy (non-hydrogen) atoms. The van der Waals surface area contributed by atoms with Gasteiger partial charge in [0.15, 0.2) is 5.13 Å². The molecule has 1 N–H and O–H groups in total. The number of rotatable bonds is 3. The number of hydrogen-bond acceptors (Lipinski definition) is 3. The second-order valence-corrected chi connectivity index (χ2v) is 6.98. The standard InChI is InChI=1S/C17H20N2OS/c1-9-5-11(3)15(12(4)6-9)14-8-21-17(18-14)19-16(20)13-7-10(13)2/h5-6,8,10,13H,7H2,1-4H3,(H,18,19,20). The van der Waals surface area contributed by atoms with Crippen LogP contribution in [0, 0.1) is 32.6 Å². The molecule has 2 aromatic rings. The topological polar surface area (TPSA) is 42.0 Å². The van der Waals surface area contributed by atoms with Gasteiger partial charge in [0.1, 0.15) is 0 Å². The highest BCUT2D eigenvalue weighted by molar-refractivity contribution is 7.14. The first kappa shape index (κ1) is 14.3. The Morgan fingerprint density at radius 3 is 2.48 bits per heavy atom.